The fourth-order valence-electron chi connectivity index (χ4n) is 5.38. The lowest BCUT2D eigenvalue weighted by molar-refractivity contribution is -0.297. The second-order valence-corrected chi connectivity index (χ2v) is 14.0. The van der Waals surface area contributed by atoms with Crippen LogP contribution in [0, 0.1) is 0 Å². The molecule has 1 rings (SSSR count). The normalized spacial score (nSPS) is 22.4. The van der Waals surface area contributed by atoms with E-state index in [0.717, 1.165) is 44.9 Å². The molecule has 0 aliphatic carbocycles. The van der Waals surface area contributed by atoms with Crippen LogP contribution in [0.4, 0.5) is 0 Å². The molecule has 12 nitrogen and oxygen atoms in total. The van der Waals surface area contributed by atoms with Gasteiger partial charge in [0.2, 0.25) is 0 Å². The number of carbonyl (C=O) groups is 2. The molecule has 1 heterocycles. The van der Waals surface area contributed by atoms with Crippen LogP contribution in [0.1, 0.15) is 142 Å². The third-order valence-corrected chi connectivity index (χ3v) is 8.94. The van der Waals surface area contributed by atoms with E-state index in [1.165, 1.54) is 57.8 Å². The summed E-state index contributed by atoms with van der Waals surface area (Å²) in [5, 5.41) is 30.6. The smallest absolute Gasteiger partial charge is 0.306 e. The first-order chi connectivity index (χ1) is 22.0. The molecule has 272 valence electrons. The Morgan fingerprint density at radius 1 is 0.652 bits per heavy atom. The van der Waals surface area contributed by atoms with E-state index in [9.17, 15) is 33.3 Å². The summed E-state index contributed by atoms with van der Waals surface area (Å²) in [5.74, 6) is -1.99. The number of carbonyl (C=O) groups excluding carboxylic acids is 2. The van der Waals surface area contributed by atoms with Crippen LogP contribution in [-0.2, 0) is 38.7 Å². The highest BCUT2D eigenvalue weighted by molar-refractivity contribution is 7.85. The van der Waals surface area contributed by atoms with Crippen molar-refractivity contribution in [1.82, 2.24) is 0 Å². The Kier molecular flexibility index (Phi) is 23.8. The highest BCUT2D eigenvalue weighted by atomic mass is 32.2. The van der Waals surface area contributed by atoms with E-state index >= 15 is 0 Å². The van der Waals surface area contributed by atoms with E-state index in [0.29, 0.717) is 12.8 Å². The third-order valence-electron chi connectivity index (χ3n) is 8.19. The van der Waals surface area contributed by atoms with Crippen LogP contribution in [0.3, 0.4) is 0 Å². The minimum Gasteiger partial charge on any atom is -0.462 e. The lowest BCUT2D eigenvalue weighted by Gasteiger charge is -2.40. The van der Waals surface area contributed by atoms with Crippen molar-refractivity contribution in [3.05, 3.63) is 0 Å². The molecule has 4 N–H and O–H groups in total. The molecule has 0 aromatic heterocycles. The molecule has 0 aromatic rings. The molecule has 0 amide bonds. The maximum atomic E-state index is 12.6. The van der Waals surface area contributed by atoms with Crippen molar-refractivity contribution < 1.29 is 56.8 Å². The molecule has 0 saturated carbocycles. The number of ether oxygens (including phenoxy) is 4. The fourth-order valence-corrected chi connectivity index (χ4v) is 6.07. The SMILES string of the molecule is CCCCCCCCCCCCCCCC(=O)O[C@H](COC(=O)CCCCCCC)CO[C@@H]1O[C@H](CS(=O)(=O)O)[C@@H](O)[C@H](O)[C@H]1O. The number of aliphatic hydroxyl groups excluding tert-OH is 3. The lowest BCUT2D eigenvalue weighted by Crippen LogP contribution is -2.60. The van der Waals surface area contributed by atoms with Gasteiger partial charge in [0.1, 0.15) is 36.8 Å². The molecule has 0 aromatic carbocycles. The molecule has 1 saturated heterocycles. The van der Waals surface area contributed by atoms with Gasteiger partial charge in [-0.2, -0.15) is 8.42 Å². The summed E-state index contributed by atoms with van der Waals surface area (Å²) >= 11 is 0. The first kappa shape index (κ1) is 42.7. The molecule has 1 aliphatic heterocycles. The summed E-state index contributed by atoms with van der Waals surface area (Å²) in [4.78, 5) is 24.9. The van der Waals surface area contributed by atoms with Gasteiger partial charge in [-0.25, -0.2) is 0 Å². The van der Waals surface area contributed by atoms with Crippen LogP contribution in [0.15, 0.2) is 0 Å². The number of unbranched alkanes of at least 4 members (excludes halogenated alkanes) is 16. The van der Waals surface area contributed by atoms with Gasteiger partial charge in [0.25, 0.3) is 10.1 Å². The molecule has 1 fully saturated rings. The zero-order valence-corrected chi connectivity index (χ0v) is 29.0. The Morgan fingerprint density at radius 2 is 1.11 bits per heavy atom. The average Bonchev–Trinajstić information content (AvgIpc) is 3.00. The van der Waals surface area contributed by atoms with Gasteiger partial charge in [-0.15, -0.1) is 0 Å². The molecule has 0 unspecified atom stereocenters. The van der Waals surface area contributed by atoms with Crippen LogP contribution in [0.5, 0.6) is 0 Å². The van der Waals surface area contributed by atoms with Gasteiger partial charge < -0.3 is 34.3 Å². The zero-order chi connectivity index (χ0) is 34.2. The Morgan fingerprint density at radius 3 is 1.59 bits per heavy atom. The number of esters is 2. The van der Waals surface area contributed by atoms with Gasteiger partial charge in [0, 0.05) is 12.8 Å². The van der Waals surface area contributed by atoms with E-state index in [2.05, 4.69) is 13.8 Å². The Hall–Kier alpha value is -1.35. The Balaban J connectivity index is 2.52. The first-order valence-corrected chi connectivity index (χ1v) is 19.2. The standard InChI is InChI=1S/C33H62O12S/c1-3-5-7-9-10-11-12-13-14-15-16-18-20-22-29(35)44-26(23-42-28(34)21-19-17-8-6-4-2)24-43-33-32(38)31(37)30(36)27(45-33)25-46(39,40)41/h26-27,30-33,36-38H,3-25H2,1-2H3,(H,39,40,41)/t26-,27-,30-,31+,32-,33-/m1/s1. The number of rotatable bonds is 28. The molecule has 6 atom stereocenters. The summed E-state index contributed by atoms with van der Waals surface area (Å²) in [6.45, 7) is 3.62. The highest BCUT2D eigenvalue weighted by Crippen LogP contribution is 2.24. The van der Waals surface area contributed by atoms with Crippen molar-refractivity contribution in [3.8, 4) is 0 Å². The van der Waals surface area contributed by atoms with Crippen molar-refractivity contribution in [1.29, 1.82) is 0 Å². The average molecular weight is 683 g/mol. The van der Waals surface area contributed by atoms with Crippen LogP contribution in [-0.4, -0.2) is 96.0 Å². The molecular weight excluding hydrogens is 620 g/mol. The number of hydrogen-bond acceptors (Lipinski definition) is 11. The second kappa shape index (κ2) is 25.6. The van der Waals surface area contributed by atoms with Crippen molar-refractivity contribution in [2.75, 3.05) is 19.0 Å². The van der Waals surface area contributed by atoms with E-state index in [1.54, 1.807) is 0 Å². The van der Waals surface area contributed by atoms with Gasteiger partial charge >= 0.3 is 11.9 Å². The maximum Gasteiger partial charge on any atom is 0.306 e. The van der Waals surface area contributed by atoms with Gasteiger partial charge in [-0.1, -0.05) is 117 Å². The minimum atomic E-state index is -4.58. The largest absolute Gasteiger partial charge is 0.462 e. The Bertz CT molecular complexity index is 899. The van der Waals surface area contributed by atoms with Gasteiger partial charge in [-0.05, 0) is 12.8 Å². The van der Waals surface area contributed by atoms with Crippen LogP contribution < -0.4 is 0 Å². The van der Waals surface area contributed by atoms with Crippen LogP contribution >= 0.6 is 0 Å². The molecule has 0 spiro atoms. The topological polar surface area (TPSA) is 186 Å². The maximum absolute atomic E-state index is 12.6. The van der Waals surface area contributed by atoms with Crippen LogP contribution in [0.2, 0.25) is 0 Å². The van der Waals surface area contributed by atoms with E-state index in [1.807, 2.05) is 0 Å². The summed E-state index contributed by atoms with van der Waals surface area (Å²) in [5.41, 5.74) is 0. The summed E-state index contributed by atoms with van der Waals surface area (Å²) in [6.07, 6.45) is 10.8. The van der Waals surface area contributed by atoms with E-state index in [-0.39, 0.29) is 19.4 Å². The Labute approximate surface area is 276 Å². The zero-order valence-electron chi connectivity index (χ0n) is 28.2. The monoisotopic (exact) mass is 682 g/mol. The summed E-state index contributed by atoms with van der Waals surface area (Å²) in [7, 11) is -4.58. The van der Waals surface area contributed by atoms with E-state index in [4.69, 9.17) is 23.5 Å². The predicted octanol–water partition coefficient (Wildman–Crippen LogP) is 5.00. The van der Waals surface area contributed by atoms with Gasteiger partial charge in [-0.3, -0.25) is 14.1 Å². The second-order valence-electron chi connectivity index (χ2n) is 12.5. The summed E-state index contributed by atoms with van der Waals surface area (Å²) < 4.78 is 53.4. The predicted molar refractivity (Wildman–Crippen MR) is 174 cm³/mol. The molecule has 0 radical (unpaired) electrons. The van der Waals surface area contributed by atoms with Crippen molar-refractivity contribution in [3.63, 3.8) is 0 Å². The summed E-state index contributed by atoms with van der Waals surface area (Å²) in [6, 6.07) is 0. The minimum absolute atomic E-state index is 0.170. The molecule has 1 aliphatic rings. The molecule has 13 heteroatoms. The van der Waals surface area contributed by atoms with Crippen molar-refractivity contribution in [2.45, 2.75) is 179 Å². The molecule has 0 bridgehead atoms. The van der Waals surface area contributed by atoms with E-state index < -0.39 is 71.2 Å². The quantitative estimate of drug-likeness (QED) is 0.0493. The van der Waals surface area contributed by atoms with Crippen molar-refractivity contribution in [2.24, 2.45) is 0 Å². The molecular formula is C33H62O12S. The first-order valence-electron chi connectivity index (χ1n) is 17.6. The van der Waals surface area contributed by atoms with Crippen molar-refractivity contribution >= 4 is 22.1 Å². The highest BCUT2D eigenvalue weighted by Gasteiger charge is 2.46. The lowest BCUT2D eigenvalue weighted by atomic mass is 10.00. The van der Waals surface area contributed by atoms with Crippen LogP contribution in [0.25, 0.3) is 0 Å². The fraction of sp³-hybridized carbons (Fsp3) is 0.939. The van der Waals surface area contributed by atoms with Gasteiger partial charge in [0.15, 0.2) is 12.4 Å². The van der Waals surface area contributed by atoms with Gasteiger partial charge in [0.05, 0.1) is 6.61 Å². The number of aliphatic hydroxyl groups is 3. The molecule has 46 heavy (non-hydrogen) atoms. The third kappa shape index (κ3) is 20.8. The number of hydrogen-bond donors (Lipinski definition) is 4.